The zero-order valence-corrected chi connectivity index (χ0v) is 11.4. The number of hydrogen-bond donors (Lipinski definition) is 1. The van der Waals surface area contributed by atoms with Gasteiger partial charge in [0.2, 0.25) is 10.0 Å². The van der Waals surface area contributed by atoms with Crippen LogP contribution in [-0.4, -0.2) is 31.9 Å². The Hall–Kier alpha value is 0.160. The van der Waals surface area contributed by atoms with Gasteiger partial charge < -0.3 is 4.74 Å². The topological polar surface area (TPSA) is 55.4 Å². The molecule has 0 bridgehead atoms. The lowest BCUT2D eigenvalue weighted by molar-refractivity contribution is -0.0905. The second-order valence-electron chi connectivity index (χ2n) is 4.27. The van der Waals surface area contributed by atoms with Crippen LogP contribution in [0.3, 0.4) is 0 Å². The van der Waals surface area contributed by atoms with E-state index in [0.29, 0.717) is 6.61 Å². The van der Waals surface area contributed by atoms with Gasteiger partial charge in [-0.3, -0.25) is 0 Å². The Balaban J connectivity index is 2.64. The molecule has 1 N–H and O–H groups in total. The van der Waals surface area contributed by atoms with Gasteiger partial charge in [-0.25, -0.2) is 13.1 Å². The molecule has 0 amide bonds. The van der Waals surface area contributed by atoms with Crippen molar-refractivity contribution in [3.8, 4) is 0 Å². The fourth-order valence-corrected chi connectivity index (χ4v) is 3.12. The molecular weight excluding hydrogens is 250 g/mol. The van der Waals surface area contributed by atoms with Crippen LogP contribution in [-0.2, 0) is 14.8 Å². The molecule has 1 saturated heterocycles. The normalized spacial score (nSPS) is 25.6. The molecule has 0 aromatic rings. The van der Waals surface area contributed by atoms with Gasteiger partial charge in [-0.1, -0.05) is 13.8 Å². The maximum Gasteiger partial charge on any atom is 0.225 e. The Morgan fingerprint density at radius 1 is 1.44 bits per heavy atom. The Morgan fingerprint density at radius 3 is 2.56 bits per heavy atom. The lowest BCUT2D eigenvalue weighted by atomic mass is 9.86. The molecule has 16 heavy (non-hydrogen) atoms. The average Bonchev–Trinajstić information content (AvgIpc) is 2.28. The van der Waals surface area contributed by atoms with Crippen LogP contribution >= 0.6 is 11.6 Å². The van der Waals surface area contributed by atoms with Crippen molar-refractivity contribution >= 4 is 21.6 Å². The maximum absolute atomic E-state index is 11.4. The first-order valence-corrected chi connectivity index (χ1v) is 7.85. The molecule has 0 radical (unpaired) electrons. The van der Waals surface area contributed by atoms with E-state index in [1.165, 1.54) is 0 Å². The summed E-state index contributed by atoms with van der Waals surface area (Å²) < 4.78 is 31.1. The van der Waals surface area contributed by atoms with Crippen LogP contribution in [0.4, 0.5) is 0 Å². The van der Waals surface area contributed by atoms with E-state index in [1.807, 2.05) is 0 Å². The van der Waals surface area contributed by atoms with Gasteiger partial charge in [0.15, 0.2) is 0 Å². The molecule has 1 aliphatic heterocycles. The van der Waals surface area contributed by atoms with E-state index in [-0.39, 0.29) is 16.9 Å². The number of nitrogens with one attached hydrogen (secondary N) is 1. The van der Waals surface area contributed by atoms with Crippen LogP contribution in [0.15, 0.2) is 0 Å². The van der Waals surface area contributed by atoms with E-state index >= 15 is 0 Å². The minimum atomic E-state index is -3.33. The van der Waals surface area contributed by atoms with Crippen molar-refractivity contribution in [3.63, 3.8) is 0 Å². The third-order valence-electron chi connectivity index (χ3n) is 3.27. The van der Waals surface area contributed by atoms with Crippen LogP contribution in [0.25, 0.3) is 0 Å². The van der Waals surface area contributed by atoms with Gasteiger partial charge in [0, 0.05) is 12.6 Å². The van der Waals surface area contributed by atoms with Gasteiger partial charge in [0.25, 0.3) is 0 Å². The molecule has 1 rings (SSSR count). The number of hydrogen-bond acceptors (Lipinski definition) is 3. The number of alkyl halides is 1. The standard InChI is InChI=1S/C10H20ClNO3S/c1-3-10(4-2)7-9(5-6-15-10)12-16(13,14)8-11/h9,12H,3-8H2,1-2H3. The summed E-state index contributed by atoms with van der Waals surface area (Å²) in [6, 6.07) is -0.0441. The van der Waals surface area contributed by atoms with Crippen molar-refractivity contribution in [2.45, 2.75) is 51.2 Å². The summed E-state index contributed by atoms with van der Waals surface area (Å²) in [5.41, 5.74) is -0.169. The third kappa shape index (κ3) is 3.58. The zero-order valence-electron chi connectivity index (χ0n) is 9.83. The Kier molecular flexibility index (Phi) is 5.04. The molecule has 1 fully saturated rings. The molecule has 96 valence electrons. The first-order valence-electron chi connectivity index (χ1n) is 5.67. The van der Waals surface area contributed by atoms with E-state index in [9.17, 15) is 8.42 Å². The molecule has 0 aromatic carbocycles. The highest BCUT2D eigenvalue weighted by molar-refractivity contribution is 7.90. The van der Waals surface area contributed by atoms with Crippen molar-refractivity contribution < 1.29 is 13.2 Å². The van der Waals surface area contributed by atoms with Crippen molar-refractivity contribution in [1.82, 2.24) is 4.72 Å². The van der Waals surface area contributed by atoms with Crippen molar-refractivity contribution in [3.05, 3.63) is 0 Å². The molecule has 1 unspecified atom stereocenters. The summed E-state index contributed by atoms with van der Waals surface area (Å²) in [4.78, 5) is 0. The summed E-state index contributed by atoms with van der Waals surface area (Å²) in [5.74, 6) is 0. The highest BCUT2D eigenvalue weighted by atomic mass is 35.5. The second kappa shape index (κ2) is 5.67. The van der Waals surface area contributed by atoms with Crippen LogP contribution in [0.2, 0.25) is 0 Å². The molecule has 1 atom stereocenters. The summed E-state index contributed by atoms with van der Waals surface area (Å²) in [6.45, 7) is 4.75. The monoisotopic (exact) mass is 269 g/mol. The van der Waals surface area contributed by atoms with Gasteiger partial charge in [0.05, 0.1) is 5.60 Å². The van der Waals surface area contributed by atoms with E-state index in [0.717, 1.165) is 25.7 Å². The Labute approximate surface area is 103 Å². The molecule has 6 heteroatoms. The number of rotatable bonds is 5. The SMILES string of the molecule is CCC1(CC)CC(NS(=O)(=O)CCl)CCO1. The molecule has 1 heterocycles. The minimum absolute atomic E-state index is 0.0441. The third-order valence-corrected chi connectivity index (χ3v) is 5.11. The Morgan fingerprint density at radius 2 is 2.06 bits per heavy atom. The quantitative estimate of drug-likeness (QED) is 0.775. The van der Waals surface area contributed by atoms with E-state index in [1.54, 1.807) is 0 Å². The zero-order chi connectivity index (χ0) is 12.2. The van der Waals surface area contributed by atoms with E-state index < -0.39 is 10.0 Å². The average molecular weight is 270 g/mol. The second-order valence-corrected chi connectivity index (χ2v) is 6.61. The van der Waals surface area contributed by atoms with Gasteiger partial charge in [-0.05, 0) is 25.7 Å². The molecule has 0 aliphatic carbocycles. The molecule has 0 aromatic heterocycles. The number of ether oxygens (including phenoxy) is 1. The van der Waals surface area contributed by atoms with Crippen molar-refractivity contribution in [2.75, 3.05) is 11.8 Å². The summed E-state index contributed by atoms with van der Waals surface area (Å²) in [7, 11) is -3.33. The van der Waals surface area contributed by atoms with E-state index in [4.69, 9.17) is 16.3 Å². The fourth-order valence-electron chi connectivity index (χ4n) is 2.16. The van der Waals surface area contributed by atoms with Crippen LogP contribution < -0.4 is 4.72 Å². The smallest absolute Gasteiger partial charge is 0.225 e. The lowest BCUT2D eigenvalue weighted by Gasteiger charge is -2.40. The van der Waals surface area contributed by atoms with Crippen molar-refractivity contribution in [2.24, 2.45) is 0 Å². The summed E-state index contributed by atoms with van der Waals surface area (Å²) >= 11 is 5.37. The maximum atomic E-state index is 11.4. The molecule has 4 nitrogen and oxygen atoms in total. The fraction of sp³-hybridized carbons (Fsp3) is 1.00. The summed E-state index contributed by atoms with van der Waals surface area (Å²) in [5, 5.41) is -0.379. The van der Waals surface area contributed by atoms with Gasteiger partial charge in [-0.2, -0.15) is 0 Å². The predicted molar refractivity (Wildman–Crippen MR) is 65.1 cm³/mol. The van der Waals surface area contributed by atoms with Crippen molar-refractivity contribution in [1.29, 1.82) is 0 Å². The first-order chi connectivity index (χ1) is 7.47. The molecule has 0 saturated carbocycles. The van der Waals surface area contributed by atoms with Gasteiger partial charge in [-0.15, -0.1) is 11.6 Å². The van der Waals surface area contributed by atoms with Crippen LogP contribution in [0.5, 0.6) is 0 Å². The number of sulfonamides is 1. The first kappa shape index (κ1) is 14.2. The molecule has 1 aliphatic rings. The van der Waals surface area contributed by atoms with Gasteiger partial charge in [0.1, 0.15) is 5.21 Å². The highest BCUT2D eigenvalue weighted by Crippen LogP contribution is 2.31. The number of halogens is 1. The summed E-state index contributed by atoms with van der Waals surface area (Å²) in [6.07, 6.45) is 3.26. The van der Waals surface area contributed by atoms with Gasteiger partial charge >= 0.3 is 0 Å². The minimum Gasteiger partial charge on any atom is -0.375 e. The predicted octanol–water partition coefficient (Wildman–Crippen LogP) is 1.84. The van der Waals surface area contributed by atoms with Crippen LogP contribution in [0.1, 0.15) is 39.5 Å². The lowest BCUT2D eigenvalue weighted by Crippen LogP contribution is -2.48. The van der Waals surface area contributed by atoms with E-state index in [2.05, 4.69) is 18.6 Å². The molecule has 0 spiro atoms. The van der Waals surface area contributed by atoms with Crippen LogP contribution in [0, 0.1) is 0 Å². The molecular formula is C10H20ClNO3S. The Bertz CT molecular complexity index is 314. The largest absolute Gasteiger partial charge is 0.375 e. The highest BCUT2D eigenvalue weighted by Gasteiger charge is 2.35.